The number of hydrogen-bond donors (Lipinski definition) is 0. The number of allylic oxidation sites excluding steroid dienone is 3. The largest absolute Gasteiger partial charge is 0.347 e. The molecule has 26 heavy (non-hydrogen) atoms. The predicted molar refractivity (Wildman–Crippen MR) is 103 cm³/mol. The maximum Gasteiger partial charge on any atom is 0.221 e. The van der Waals surface area contributed by atoms with Crippen LogP contribution in [0.15, 0.2) is 48.2 Å². The summed E-state index contributed by atoms with van der Waals surface area (Å²) in [5.74, 6) is 1.28. The van der Waals surface area contributed by atoms with Gasteiger partial charge < -0.3 is 14.7 Å². The predicted octanol–water partition coefficient (Wildman–Crippen LogP) is 2.59. The van der Waals surface area contributed by atoms with E-state index in [2.05, 4.69) is 64.2 Å². The third-order valence-electron chi connectivity index (χ3n) is 6.75. The van der Waals surface area contributed by atoms with Gasteiger partial charge in [-0.3, -0.25) is 4.79 Å². The maximum absolute atomic E-state index is 12.4. The lowest BCUT2D eigenvalue weighted by atomic mass is 9.77. The van der Waals surface area contributed by atoms with Gasteiger partial charge in [-0.15, -0.1) is 0 Å². The first-order valence-corrected chi connectivity index (χ1v) is 9.83. The first-order valence-electron chi connectivity index (χ1n) is 9.83. The third kappa shape index (κ3) is 2.35. The second-order valence-corrected chi connectivity index (χ2v) is 8.32. The summed E-state index contributed by atoms with van der Waals surface area (Å²) in [5, 5.41) is 0. The van der Waals surface area contributed by atoms with Gasteiger partial charge in [-0.2, -0.15) is 0 Å². The highest BCUT2D eigenvalue weighted by atomic mass is 16.2. The number of rotatable bonds is 0. The molecule has 0 aromatic heterocycles. The zero-order chi connectivity index (χ0) is 17.8. The molecule has 0 N–H and O–H groups in total. The number of nitrogens with zero attached hydrogens (tertiary/aromatic N) is 3. The van der Waals surface area contributed by atoms with E-state index in [-0.39, 0.29) is 12.1 Å². The number of carbonyl (C=O) groups excluding carboxylic acids is 1. The molecular formula is C22H27N3O. The minimum atomic E-state index is 0.0720. The molecular weight excluding hydrogens is 322 g/mol. The summed E-state index contributed by atoms with van der Waals surface area (Å²) in [4.78, 5) is 19.6. The Kier molecular flexibility index (Phi) is 3.71. The van der Waals surface area contributed by atoms with Crippen LogP contribution in [0.3, 0.4) is 0 Å². The number of carbonyl (C=O) groups is 1. The summed E-state index contributed by atoms with van der Waals surface area (Å²) in [7, 11) is 2.25. The first kappa shape index (κ1) is 16.1. The van der Waals surface area contributed by atoms with Crippen molar-refractivity contribution < 1.29 is 4.79 Å². The minimum Gasteiger partial charge on any atom is -0.347 e. The Hall–Kier alpha value is -2.07. The Bertz CT molecular complexity index is 798. The lowest BCUT2D eigenvalue weighted by molar-refractivity contribution is -0.133. The topological polar surface area (TPSA) is 26.8 Å². The smallest absolute Gasteiger partial charge is 0.221 e. The molecule has 4 heterocycles. The number of likely N-dealkylation sites (tertiary alicyclic amines) is 1. The molecule has 4 atom stereocenters. The Morgan fingerprint density at radius 2 is 2.04 bits per heavy atom. The SMILES string of the molecule is CC(=O)N1CCC2CN(C)CC3c4ccccc4CC4=CC=CC1N4C23. The Morgan fingerprint density at radius 1 is 1.19 bits per heavy atom. The van der Waals surface area contributed by atoms with Crippen LogP contribution < -0.4 is 0 Å². The highest BCUT2D eigenvalue weighted by Crippen LogP contribution is 2.45. The molecule has 0 radical (unpaired) electrons. The standard InChI is InChI=1S/C22H27N3O/c1-15(26)24-11-10-17-13-23(2)14-20-19-8-4-3-6-16(19)12-18-7-5-9-21(24)25(18)22(17)20/h3-9,17,20-22H,10-14H2,1-2H3. The Balaban J connectivity index is 1.69. The number of benzene rings is 1. The van der Waals surface area contributed by atoms with Crippen LogP contribution in [0.5, 0.6) is 0 Å². The van der Waals surface area contributed by atoms with Crippen molar-refractivity contribution in [3.8, 4) is 0 Å². The van der Waals surface area contributed by atoms with E-state index in [4.69, 9.17) is 0 Å². The van der Waals surface area contributed by atoms with Crippen LogP contribution in [-0.4, -0.2) is 59.5 Å². The average Bonchev–Trinajstić information content (AvgIpc) is 2.87. The second-order valence-electron chi connectivity index (χ2n) is 8.32. The van der Waals surface area contributed by atoms with Gasteiger partial charge in [0.05, 0.1) is 0 Å². The van der Waals surface area contributed by atoms with E-state index in [1.54, 1.807) is 6.92 Å². The number of likely N-dealkylation sites (N-methyl/N-ethyl adjacent to an activating group) is 1. The zero-order valence-electron chi connectivity index (χ0n) is 15.6. The van der Waals surface area contributed by atoms with Crippen LogP contribution >= 0.6 is 0 Å². The first-order chi connectivity index (χ1) is 12.6. The Labute approximate surface area is 155 Å². The van der Waals surface area contributed by atoms with Gasteiger partial charge >= 0.3 is 0 Å². The lowest BCUT2D eigenvalue weighted by Crippen LogP contribution is -2.57. The molecule has 5 rings (SSSR count). The van der Waals surface area contributed by atoms with E-state index < -0.39 is 0 Å². The fraction of sp³-hybridized carbons (Fsp3) is 0.500. The molecule has 136 valence electrons. The van der Waals surface area contributed by atoms with Crippen molar-refractivity contribution in [3.63, 3.8) is 0 Å². The fourth-order valence-electron chi connectivity index (χ4n) is 5.74. The van der Waals surface area contributed by atoms with Gasteiger partial charge in [0.1, 0.15) is 6.17 Å². The van der Waals surface area contributed by atoms with Crippen LogP contribution in [0, 0.1) is 5.92 Å². The molecule has 4 heteroatoms. The second kappa shape index (κ2) is 5.98. The van der Waals surface area contributed by atoms with Gasteiger partial charge in [0, 0.05) is 50.6 Å². The number of fused-ring (bicyclic) bond motifs is 2. The summed E-state index contributed by atoms with van der Waals surface area (Å²) in [6.45, 7) is 4.79. The van der Waals surface area contributed by atoms with E-state index in [0.717, 1.165) is 32.5 Å². The molecule has 4 aliphatic rings. The van der Waals surface area contributed by atoms with Gasteiger partial charge in [0.25, 0.3) is 0 Å². The fourth-order valence-corrected chi connectivity index (χ4v) is 5.74. The minimum absolute atomic E-state index is 0.0720. The quantitative estimate of drug-likeness (QED) is 0.720. The lowest BCUT2D eigenvalue weighted by Gasteiger charge is -2.50. The monoisotopic (exact) mass is 349 g/mol. The van der Waals surface area contributed by atoms with Crippen LogP contribution in [-0.2, 0) is 11.2 Å². The van der Waals surface area contributed by atoms with Gasteiger partial charge in [0.2, 0.25) is 5.91 Å². The van der Waals surface area contributed by atoms with Gasteiger partial charge in [0.15, 0.2) is 0 Å². The van der Waals surface area contributed by atoms with Crippen molar-refractivity contribution in [2.24, 2.45) is 5.92 Å². The van der Waals surface area contributed by atoms with Crippen LogP contribution in [0.1, 0.15) is 30.4 Å². The van der Waals surface area contributed by atoms with Crippen molar-refractivity contribution in [2.75, 3.05) is 26.7 Å². The van der Waals surface area contributed by atoms with Crippen LogP contribution in [0.4, 0.5) is 0 Å². The Morgan fingerprint density at radius 3 is 2.88 bits per heavy atom. The molecule has 0 bridgehead atoms. The number of hydrogen-bond acceptors (Lipinski definition) is 3. The van der Waals surface area contributed by atoms with E-state index in [1.165, 1.54) is 16.8 Å². The molecule has 2 saturated heterocycles. The summed E-state index contributed by atoms with van der Waals surface area (Å²) in [5.41, 5.74) is 4.34. The molecule has 1 amide bonds. The highest BCUT2D eigenvalue weighted by molar-refractivity contribution is 5.74. The average molecular weight is 349 g/mol. The number of piperidine rings is 1. The van der Waals surface area contributed by atoms with Crippen LogP contribution in [0.25, 0.3) is 0 Å². The molecule has 0 spiro atoms. The molecule has 4 unspecified atom stereocenters. The maximum atomic E-state index is 12.4. The van der Waals surface area contributed by atoms with E-state index >= 15 is 0 Å². The van der Waals surface area contributed by atoms with Gasteiger partial charge in [-0.25, -0.2) is 0 Å². The molecule has 1 aromatic rings. The van der Waals surface area contributed by atoms with Crippen molar-refractivity contribution in [3.05, 3.63) is 59.3 Å². The summed E-state index contributed by atoms with van der Waals surface area (Å²) in [6.07, 6.45) is 8.77. The van der Waals surface area contributed by atoms with E-state index in [0.29, 0.717) is 17.9 Å². The molecule has 0 saturated carbocycles. The highest BCUT2D eigenvalue weighted by Gasteiger charge is 2.48. The molecule has 1 aromatic carbocycles. The third-order valence-corrected chi connectivity index (χ3v) is 6.75. The molecule has 2 fully saturated rings. The van der Waals surface area contributed by atoms with E-state index in [9.17, 15) is 4.79 Å². The van der Waals surface area contributed by atoms with Gasteiger partial charge in [-0.05, 0) is 42.7 Å². The van der Waals surface area contributed by atoms with Crippen LogP contribution in [0.2, 0.25) is 0 Å². The normalized spacial score (nSPS) is 32.9. The molecule has 4 aliphatic heterocycles. The summed E-state index contributed by atoms with van der Waals surface area (Å²) < 4.78 is 0. The van der Waals surface area contributed by atoms with Gasteiger partial charge in [-0.1, -0.05) is 30.3 Å². The summed E-state index contributed by atoms with van der Waals surface area (Å²) in [6, 6.07) is 9.46. The molecule has 4 nitrogen and oxygen atoms in total. The summed E-state index contributed by atoms with van der Waals surface area (Å²) >= 11 is 0. The van der Waals surface area contributed by atoms with E-state index in [1.807, 2.05) is 0 Å². The van der Waals surface area contributed by atoms with Crippen molar-refractivity contribution in [2.45, 2.75) is 37.9 Å². The van der Waals surface area contributed by atoms with Crippen molar-refractivity contribution >= 4 is 5.91 Å². The van der Waals surface area contributed by atoms with Crippen molar-refractivity contribution in [1.82, 2.24) is 14.7 Å². The van der Waals surface area contributed by atoms with Crippen molar-refractivity contribution in [1.29, 1.82) is 0 Å². The zero-order valence-corrected chi connectivity index (χ0v) is 15.6. The molecule has 0 aliphatic carbocycles. The number of amides is 1.